The van der Waals surface area contributed by atoms with Gasteiger partial charge in [-0.1, -0.05) is 6.92 Å². The molecular formula is C13H16ClN3S3. The fourth-order valence-corrected chi connectivity index (χ4v) is 5.92. The molecule has 108 valence electrons. The van der Waals surface area contributed by atoms with Crippen LogP contribution >= 0.6 is 46.5 Å². The number of halogens is 1. The van der Waals surface area contributed by atoms with E-state index < -0.39 is 0 Å². The quantitative estimate of drug-likeness (QED) is 0.842. The van der Waals surface area contributed by atoms with E-state index in [0.29, 0.717) is 10.5 Å². The lowest BCUT2D eigenvalue weighted by molar-refractivity contribution is 0.993. The SMILES string of the molecule is CCc1cc2c(NCC3CSCCS3)nc(Cl)nc2s1. The van der Waals surface area contributed by atoms with E-state index in [4.69, 9.17) is 11.6 Å². The highest BCUT2D eigenvalue weighted by molar-refractivity contribution is 8.06. The van der Waals surface area contributed by atoms with Gasteiger partial charge in [0, 0.05) is 33.9 Å². The number of aromatic nitrogens is 2. The minimum Gasteiger partial charge on any atom is -0.368 e. The Hall–Kier alpha value is -0.170. The molecule has 1 atom stereocenters. The van der Waals surface area contributed by atoms with Gasteiger partial charge in [0.1, 0.15) is 10.6 Å². The standard InChI is InChI=1S/C13H16ClN3S3/c1-2-8-5-10-11(16-13(14)17-12(10)20-8)15-6-9-7-18-3-4-19-9/h5,9H,2-4,6-7H2,1H3,(H,15,16,17). The molecule has 3 nitrogen and oxygen atoms in total. The lowest BCUT2D eigenvalue weighted by Gasteiger charge is -2.21. The number of aryl methyl sites for hydroxylation is 1. The van der Waals surface area contributed by atoms with Crippen LogP contribution in [0.1, 0.15) is 11.8 Å². The van der Waals surface area contributed by atoms with Crippen molar-refractivity contribution >= 4 is 62.5 Å². The summed E-state index contributed by atoms with van der Waals surface area (Å²) < 4.78 is 0. The summed E-state index contributed by atoms with van der Waals surface area (Å²) in [5.41, 5.74) is 0. The Labute approximate surface area is 136 Å². The predicted octanol–water partition coefficient (Wildman–Crippen LogP) is 4.17. The number of thiophene rings is 1. The Bertz CT molecular complexity index is 596. The van der Waals surface area contributed by atoms with E-state index >= 15 is 0 Å². The van der Waals surface area contributed by atoms with Gasteiger partial charge in [-0.2, -0.15) is 23.5 Å². The van der Waals surface area contributed by atoms with Gasteiger partial charge in [-0.3, -0.25) is 0 Å². The molecule has 0 spiro atoms. The van der Waals surface area contributed by atoms with Crippen LogP contribution in [0.5, 0.6) is 0 Å². The highest BCUT2D eigenvalue weighted by Crippen LogP contribution is 2.31. The van der Waals surface area contributed by atoms with Gasteiger partial charge in [0.25, 0.3) is 0 Å². The summed E-state index contributed by atoms with van der Waals surface area (Å²) in [5, 5.41) is 5.56. The molecule has 1 fully saturated rings. The molecule has 0 bridgehead atoms. The van der Waals surface area contributed by atoms with E-state index in [-0.39, 0.29) is 0 Å². The van der Waals surface area contributed by atoms with Crippen molar-refractivity contribution in [3.8, 4) is 0 Å². The highest BCUT2D eigenvalue weighted by Gasteiger charge is 2.16. The number of nitrogens with zero attached hydrogens (tertiary/aromatic N) is 2. The van der Waals surface area contributed by atoms with E-state index in [9.17, 15) is 0 Å². The molecule has 20 heavy (non-hydrogen) atoms. The van der Waals surface area contributed by atoms with E-state index in [1.165, 1.54) is 22.1 Å². The van der Waals surface area contributed by atoms with Gasteiger partial charge in [-0.15, -0.1) is 11.3 Å². The molecule has 0 saturated carbocycles. The van der Waals surface area contributed by atoms with Gasteiger partial charge in [-0.25, -0.2) is 9.97 Å². The van der Waals surface area contributed by atoms with Crippen LogP contribution in [0.15, 0.2) is 6.07 Å². The van der Waals surface area contributed by atoms with E-state index in [0.717, 1.165) is 29.0 Å². The van der Waals surface area contributed by atoms with Crippen LogP contribution in [-0.2, 0) is 6.42 Å². The molecule has 3 heterocycles. The lowest BCUT2D eigenvalue weighted by Crippen LogP contribution is -2.23. The highest BCUT2D eigenvalue weighted by atomic mass is 35.5. The van der Waals surface area contributed by atoms with Crippen molar-refractivity contribution in [3.05, 3.63) is 16.2 Å². The van der Waals surface area contributed by atoms with E-state index in [2.05, 4.69) is 28.3 Å². The molecule has 1 unspecified atom stereocenters. The third-order valence-electron chi connectivity index (χ3n) is 3.15. The molecular weight excluding hydrogens is 330 g/mol. The molecule has 1 aliphatic rings. The Morgan fingerprint density at radius 2 is 2.30 bits per heavy atom. The molecule has 2 aromatic heterocycles. The molecule has 1 N–H and O–H groups in total. The van der Waals surface area contributed by atoms with Gasteiger partial charge in [-0.05, 0) is 24.1 Å². The number of anilines is 1. The van der Waals surface area contributed by atoms with Gasteiger partial charge >= 0.3 is 0 Å². The minimum absolute atomic E-state index is 0.329. The number of thioether (sulfide) groups is 2. The van der Waals surface area contributed by atoms with Crippen LogP contribution in [0.3, 0.4) is 0 Å². The summed E-state index contributed by atoms with van der Waals surface area (Å²) in [7, 11) is 0. The van der Waals surface area contributed by atoms with Crippen LogP contribution in [-0.4, -0.2) is 39.0 Å². The third-order valence-corrected chi connectivity index (χ3v) is 7.33. The van der Waals surface area contributed by atoms with Crippen LogP contribution in [0.2, 0.25) is 5.28 Å². The average molecular weight is 346 g/mol. The van der Waals surface area contributed by atoms with Crippen LogP contribution in [0, 0.1) is 0 Å². The van der Waals surface area contributed by atoms with Gasteiger partial charge in [0.2, 0.25) is 5.28 Å². The minimum atomic E-state index is 0.329. The molecule has 0 aromatic carbocycles. The van der Waals surface area contributed by atoms with Crippen LogP contribution in [0.4, 0.5) is 5.82 Å². The van der Waals surface area contributed by atoms with Crippen molar-refractivity contribution in [1.29, 1.82) is 0 Å². The van der Waals surface area contributed by atoms with E-state index in [1.807, 2.05) is 23.5 Å². The third kappa shape index (κ3) is 3.35. The lowest BCUT2D eigenvalue weighted by atomic mass is 10.3. The second-order valence-corrected chi connectivity index (χ2v) is 8.59. The van der Waals surface area contributed by atoms with E-state index in [1.54, 1.807) is 11.3 Å². The second-order valence-electron chi connectivity index (χ2n) is 4.57. The molecule has 2 aromatic rings. The zero-order chi connectivity index (χ0) is 13.9. The van der Waals surface area contributed by atoms with Gasteiger partial charge in [0.05, 0.1) is 5.39 Å². The number of fused-ring (bicyclic) bond motifs is 1. The number of nitrogens with one attached hydrogen (secondary N) is 1. The Morgan fingerprint density at radius 1 is 1.40 bits per heavy atom. The van der Waals surface area contributed by atoms with Crippen LogP contribution in [0.25, 0.3) is 10.2 Å². The molecule has 1 saturated heterocycles. The normalized spacial score (nSPS) is 19.4. The van der Waals surface area contributed by atoms with Crippen molar-refractivity contribution < 1.29 is 0 Å². The maximum Gasteiger partial charge on any atom is 0.225 e. The Kier molecular flexibility index (Phi) is 4.96. The van der Waals surface area contributed by atoms with Crippen LogP contribution < -0.4 is 5.32 Å². The Balaban J connectivity index is 1.80. The number of hydrogen-bond donors (Lipinski definition) is 1. The van der Waals surface area contributed by atoms with Gasteiger partial charge in [0.15, 0.2) is 0 Å². The summed E-state index contributed by atoms with van der Waals surface area (Å²) in [6, 6.07) is 2.18. The van der Waals surface area contributed by atoms with Crippen molar-refractivity contribution in [2.45, 2.75) is 18.6 Å². The first-order valence-corrected chi connectivity index (χ1v) is 10.0. The molecule has 0 radical (unpaired) electrons. The summed E-state index contributed by atoms with van der Waals surface area (Å²) in [5.74, 6) is 4.61. The molecule has 3 rings (SSSR count). The number of hydrogen-bond acceptors (Lipinski definition) is 6. The zero-order valence-electron chi connectivity index (χ0n) is 11.2. The summed E-state index contributed by atoms with van der Waals surface area (Å²) in [6.45, 7) is 3.10. The summed E-state index contributed by atoms with van der Waals surface area (Å²) in [6.07, 6.45) is 1.02. The average Bonchev–Trinajstić information content (AvgIpc) is 2.88. The largest absolute Gasteiger partial charge is 0.368 e. The first-order chi connectivity index (χ1) is 9.76. The smallest absolute Gasteiger partial charge is 0.225 e. The second kappa shape index (κ2) is 6.73. The first kappa shape index (κ1) is 14.8. The maximum atomic E-state index is 6.03. The van der Waals surface area contributed by atoms with Crippen molar-refractivity contribution in [1.82, 2.24) is 9.97 Å². The first-order valence-electron chi connectivity index (χ1n) is 6.65. The van der Waals surface area contributed by atoms with Crippen molar-refractivity contribution in [3.63, 3.8) is 0 Å². The summed E-state index contributed by atoms with van der Waals surface area (Å²) in [4.78, 5) is 11.0. The molecule has 0 amide bonds. The molecule has 7 heteroatoms. The fraction of sp³-hybridized carbons (Fsp3) is 0.538. The zero-order valence-corrected chi connectivity index (χ0v) is 14.4. The topological polar surface area (TPSA) is 37.8 Å². The van der Waals surface area contributed by atoms with Crippen molar-refractivity contribution in [2.75, 3.05) is 29.1 Å². The monoisotopic (exact) mass is 345 g/mol. The Morgan fingerprint density at radius 3 is 3.05 bits per heavy atom. The fourth-order valence-electron chi connectivity index (χ4n) is 2.12. The maximum absolute atomic E-state index is 6.03. The number of rotatable bonds is 4. The predicted molar refractivity (Wildman–Crippen MR) is 93.9 cm³/mol. The van der Waals surface area contributed by atoms with Crippen molar-refractivity contribution in [2.24, 2.45) is 0 Å². The van der Waals surface area contributed by atoms with Gasteiger partial charge < -0.3 is 5.32 Å². The molecule has 0 aliphatic carbocycles. The summed E-state index contributed by atoms with van der Waals surface area (Å²) >= 11 is 11.8. The molecule has 1 aliphatic heterocycles.